The Balaban J connectivity index is 2.83. The molecule has 0 unspecified atom stereocenters. The van der Waals surface area contributed by atoms with Crippen LogP contribution in [0, 0.1) is 24.3 Å². The van der Waals surface area contributed by atoms with Gasteiger partial charge in [0.15, 0.2) is 0 Å². The smallest absolute Gasteiger partial charge is 0.0195 e. The topological polar surface area (TPSA) is 0 Å². The standard InChI is InChI=1S/C23H31I/c1-14-10-15(2)21(24)16(3)20(14)17-11-18(22(4,5)6)13-19(12-17)23(7,8)9/h10-13H,1-9H3. The molecule has 2 aromatic rings. The molecular formula is C23H31I. The van der Waals surface area contributed by atoms with Gasteiger partial charge in [-0.3, -0.25) is 0 Å². The number of halogens is 1. The molecule has 0 aliphatic heterocycles. The van der Waals surface area contributed by atoms with Gasteiger partial charge in [0.25, 0.3) is 0 Å². The van der Waals surface area contributed by atoms with Crippen molar-refractivity contribution in [1.29, 1.82) is 0 Å². The second kappa shape index (κ2) is 6.48. The highest BCUT2D eigenvalue weighted by atomic mass is 127. The predicted octanol–water partition coefficient (Wildman–Crippen LogP) is 7.48. The van der Waals surface area contributed by atoms with Crippen LogP contribution in [0.5, 0.6) is 0 Å². The van der Waals surface area contributed by atoms with Crippen molar-refractivity contribution in [3.63, 3.8) is 0 Å². The van der Waals surface area contributed by atoms with Crippen LogP contribution >= 0.6 is 22.6 Å². The first-order valence-corrected chi connectivity index (χ1v) is 9.83. The first kappa shape index (κ1) is 19.5. The summed E-state index contributed by atoms with van der Waals surface area (Å²) in [5, 5.41) is 0. The minimum atomic E-state index is 0.148. The molecule has 0 aliphatic rings. The molecule has 0 nitrogen and oxygen atoms in total. The van der Waals surface area contributed by atoms with Gasteiger partial charge in [-0.15, -0.1) is 0 Å². The molecule has 0 N–H and O–H groups in total. The maximum atomic E-state index is 2.49. The Bertz CT molecular complexity index is 736. The highest BCUT2D eigenvalue weighted by molar-refractivity contribution is 14.1. The zero-order chi connectivity index (χ0) is 18.4. The molecule has 0 bridgehead atoms. The molecule has 0 aliphatic carbocycles. The Morgan fingerprint density at radius 3 is 1.54 bits per heavy atom. The molecule has 1 heteroatoms. The van der Waals surface area contributed by atoms with E-state index in [-0.39, 0.29) is 10.8 Å². The molecule has 0 spiro atoms. The minimum Gasteiger partial charge on any atom is -0.0561 e. The van der Waals surface area contributed by atoms with Gasteiger partial charge in [-0.2, -0.15) is 0 Å². The van der Waals surface area contributed by atoms with E-state index in [1.54, 1.807) is 0 Å². The van der Waals surface area contributed by atoms with Gasteiger partial charge in [0, 0.05) is 3.57 Å². The van der Waals surface area contributed by atoms with E-state index in [0.717, 1.165) is 0 Å². The van der Waals surface area contributed by atoms with E-state index in [1.165, 1.54) is 42.5 Å². The van der Waals surface area contributed by atoms with Crippen LogP contribution in [0.4, 0.5) is 0 Å². The molecule has 0 radical (unpaired) electrons. The Morgan fingerprint density at radius 1 is 0.667 bits per heavy atom. The summed E-state index contributed by atoms with van der Waals surface area (Å²) in [7, 11) is 0. The monoisotopic (exact) mass is 434 g/mol. The maximum Gasteiger partial charge on any atom is 0.0195 e. The van der Waals surface area contributed by atoms with E-state index < -0.39 is 0 Å². The second-order valence-electron chi connectivity index (χ2n) is 9.12. The molecule has 0 saturated heterocycles. The van der Waals surface area contributed by atoms with Crippen LogP contribution in [0.15, 0.2) is 24.3 Å². The van der Waals surface area contributed by atoms with E-state index in [9.17, 15) is 0 Å². The van der Waals surface area contributed by atoms with Crippen molar-refractivity contribution in [3.8, 4) is 11.1 Å². The van der Waals surface area contributed by atoms with Crippen LogP contribution in [0.1, 0.15) is 69.4 Å². The summed E-state index contributed by atoms with van der Waals surface area (Å²) in [6.07, 6.45) is 0. The Kier molecular flexibility index (Phi) is 5.26. The van der Waals surface area contributed by atoms with E-state index >= 15 is 0 Å². The lowest BCUT2D eigenvalue weighted by Gasteiger charge is -2.27. The summed E-state index contributed by atoms with van der Waals surface area (Å²) in [5.74, 6) is 0. The molecule has 0 amide bonds. The van der Waals surface area contributed by atoms with Gasteiger partial charge in [0.05, 0.1) is 0 Å². The van der Waals surface area contributed by atoms with E-state index in [0.29, 0.717) is 0 Å². The quantitative estimate of drug-likeness (QED) is 0.408. The Hall–Kier alpha value is -0.830. The minimum absolute atomic E-state index is 0.148. The molecule has 0 atom stereocenters. The van der Waals surface area contributed by atoms with Gasteiger partial charge in [-0.1, -0.05) is 65.8 Å². The lowest BCUT2D eigenvalue weighted by atomic mass is 9.78. The van der Waals surface area contributed by atoms with Crippen molar-refractivity contribution in [3.05, 3.63) is 55.7 Å². The lowest BCUT2D eigenvalue weighted by molar-refractivity contribution is 0.569. The van der Waals surface area contributed by atoms with Crippen LogP contribution in [0.2, 0.25) is 0 Å². The lowest BCUT2D eigenvalue weighted by Crippen LogP contribution is -2.16. The average molecular weight is 434 g/mol. The molecule has 0 saturated carbocycles. The zero-order valence-electron chi connectivity index (χ0n) is 16.7. The highest BCUT2D eigenvalue weighted by Crippen LogP contribution is 2.37. The summed E-state index contributed by atoms with van der Waals surface area (Å²) in [5.41, 5.74) is 10.0. The number of rotatable bonds is 1. The van der Waals surface area contributed by atoms with Crippen molar-refractivity contribution >= 4 is 22.6 Å². The summed E-state index contributed by atoms with van der Waals surface area (Å²) < 4.78 is 1.38. The summed E-state index contributed by atoms with van der Waals surface area (Å²) >= 11 is 2.49. The van der Waals surface area contributed by atoms with Crippen LogP contribution < -0.4 is 0 Å². The average Bonchev–Trinajstić information content (AvgIpc) is 2.43. The molecule has 0 fully saturated rings. The molecule has 2 rings (SSSR count). The third-order valence-corrected chi connectivity index (χ3v) is 6.49. The van der Waals surface area contributed by atoms with Gasteiger partial charge in [0.2, 0.25) is 0 Å². The van der Waals surface area contributed by atoms with Crippen LogP contribution in [0.3, 0.4) is 0 Å². The molecule has 24 heavy (non-hydrogen) atoms. The molecule has 130 valence electrons. The third kappa shape index (κ3) is 3.87. The van der Waals surface area contributed by atoms with Crippen LogP contribution in [0.25, 0.3) is 11.1 Å². The van der Waals surface area contributed by atoms with Gasteiger partial charge < -0.3 is 0 Å². The van der Waals surface area contributed by atoms with E-state index in [4.69, 9.17) is 0 Å². The van der Waals surface area contributed by atoms with Crippen molar-refractivity contribution < 1.29 is 0 Å². The van der Waals surface area contributed by atoms with E-state index in [1.807, 2.05) is 0 Å². The molecule has 0 heterocycles. The fourth-order valence-electron chi connectivity index (χ4n) is 3.24. The van der Waals surface area contributed by atoms with Crippen molar-refractivity contribution in [1.82, 2.24) is 0 Å². The van der Waals surface area contributed by atoms with Crippen LogP contribution in [-0.4, -0.2) is 0 Å². The van der Waals surface area contributed by atoms with Crippen LogP contribution in [-0.2, 0) is 10.8 Å². The normalized spacial score (nSPS) is 12.6. The van der Waals surface area contributed by atoms with Gasteiger partial charge in [0.1, 0.15) is 0 Å². The first-order chi connectivity index (χ1) is 10.8. The summed E-state index contributed by atoms with van der Waals surface area (Å²) in [6, 6.07) is 9.52. The first-order valence-electron chi connectivity index (χ1n) is 8.75. The SMILES string of the molecule is Cc1cc(C)c(-c2cc(C(C)(C)C)cc(C(C)(C)C)c2)c(C)c1I. The second-order valence-corrected chi connectivity index (χ2v) is 10.2. The zero-order valence-corrected chi connectivity index (χ0v) is 18.8. The largest absolute Gasteiger partial charge is 0.0561 e. The number of hydrogen-bond donors (Lipinski definition) is 0. The predicted molar refractivity (Wildman–Crippen MR) is 116 cm³/mol. The number of aryl methyl sites for hydroxylation is 2. The fourth-order valence-corrected chi connectivity index (χ4v) is 3.67. The van der Waals surface area contributed by atoms with Gasteiger partial charge >= 0.3 is 0 Å². The number of benzene rings is 2. The van der Waals surface area contributed by atoms with Crippen molar-refractivity contribution in [2.45, 2.75) is 73.1 Å². The summed E-state index contributed by atoms with van der Waals surface area (Å²) in [6.45, 7) is 20.5. The summed E-state index contributed by atoms with van der Waals surface area (Å²) in [4.78, 5) is 0. The van der Waals surface area contributed by atoms with Crippen molar-refractivity contribution in [2.24, 2.45) is 0 Å². The fraction of sp³-hybridized carbons (Fsp3) is 0.478. The van der Waals surface area contributed by atoms with Gasteiger partial charge in [-0.05, 0) is 93.1 Å². The van der Waals surface area contributed by atoms with E-state index in [2.05, 4.69) is 109 Å². The highest BCUT2D eigenvalue weighted by Gasteiger charge is 2.22. The Morgan fingerprint density at radius 2 is 1.12 bits per heavy atom. The Labute approximate surface area is 162 Å². The molecule has 2 aromatic carbocycles. The van der Waals surface area contributed by atoms with Gasteiger partial charge in [-0.25, -0.2) is 0 Å². The maximum absolute atomic E-state index is 2.49. The van der Waals surface area contributed by atoms with Crippen molar-refractivity contribution in [2.75, 3.05) is 0 Å². The molecule has 0 aromatic heterocycles. The third-order valence-electron chi connectivity index (χ3n) is 4.83. The number of hydrogen-bond acceptors (Lipinski definition) is 0. The molecular weight excluding hydrogens is 403 g/mol.